The minimum atomic E-state index is -3.80. The third kappa shape index (κ3) is 3.93. The molecule has 0 amide bonds. The molecule has 148 valence electrons. The van der Waals surface area contributed by atoms with Crippen LogP contribution < -0.4 is 14.8 Å². The summed E-state index contributed by atoms with van der Waals surface area (Å²) in [7, 11) is -2.30. The number of anilines is 1. The van der Waals surface area contributed by atoms with E-state index in [-0.39, 0.29) is 23.2 Å². The van der Waals surface area contributed by atoms with E-state index in [4.69, 9.17) is 9.47 Å². The van der Waals surface area contributed by atoms with Gasteiger partial charge in [-0.25, -0.2) is 4.39 Å². The minimum Gasteiger partial charge on any atom is -0.493 e. The number of methoxy groups -OCH3 is 1. The molecule has 0 saturated heterocycles. The molecule has 0 aromatic heterocycles. The van der Waals surface area contributed by atoms with Crippen LogP contribution in [0.3, 0.4) is 0 Å². The van der Waals surface area contributed by atoms with Gasteiger partial charge in [-0.2, -0.15) is 8.42 Å². The van der Waals surface area contributed by atoms with Crippen molar-refractivity contribution in [2.45, 2.75) is 11.5 Å². The molecule has 0 fully saturated rings. The second kappa shape index (κ2) is 7.56. The lowest BCUT2D eigenvalue weighted by molar-refractivity contribution is 0.284. The summed E-state index contributed by atoms with van der Waals surface area (Å²) in [6.45, 7) is 0.233. The lowest BCUT2D eigenvalue weighted by Crippen LogP contribution is -2.22. The van der Waals surface area contributed by atoms with Crippen molar-refractivity contribution in [3.05, 3.63) is 83.7 Å². The Hall–Kier alpha value is -3.39. The number of amidine groups is 1. The molecule has 0 bridgehead atoms. The van der Waals surface area contributed by atoms with Crippen LogP contribution in [0.2, 0.25) is 0 Å². The molecule has 0 unspecified atom stereocenters. The lowest BCUT2D eigenvalue weighted by atomic mass is 10.1. The average molecular weight is 412 g/mol. The van der Waals surface area contributed by atoms with Crippen LogP contribution in [0.15, 0.2) is 76.0 Å². The fourth-order valence-corrected chi connectivity index (χ4v) is 4.05. The molecule has 29 heavy (non-hydrogen) atoms. The number of benzene rings is 3. The minimum absolute atomic E-state index is 0.134. The Bertz CT molecular complexity index is 1190. The van der Waals surface area contributed by atoms with E-state index in [1.165, 1.54) is 25.3 Å². The molecule has 3 aromatic rings. The van der Waals surface area contributed by atoms with Crippen molar-refractivity contribution in [3.63, 3.8) is 0 Å². The van der Waals surface area contributed by atoms with Gasteiger partial charge in [0.2, 0.25) is 0 Å². The summed E-state index contributed by atoms with van der Waals surface area (Å²) < 4.78 is 53.0. The third-order valence-corrected chi connectivity index (χ3v) is 5.71. The maximum atomic E-state index is 13.0. The normalized spacial score (nSPS) is 14.3. The van der Waals surface area contributed by atoms with Gasteiger partial charge in [-0.3, -0.25) is 0 Å². The second-order valence-electron chi connectivity index (χ2n) is 6.32. The Morgan fingerprint density at radius 3 is 2.52 bits per heavy atom. The number of para-hydroxylation sites is 1. The number of hydrogen-bond acceptors (Lipinski definition) is 5. The van der Waals surface area contributed by atoms with Gasteiger partial charge in [0.25, 0.3) is 10.0 Å². The molecular formula is C21H17FN2O4S. The standard InChI is InChI=1S/C21H17FN2O4S/c1-27-19-12-15(8-11-18(19)28-13-14-6-9-16(22)10-7-14)21-23-17-4-2-3-5-20(17)29(25,26)24-21/h2-12H,13H2,1H3,(H,23,24). The van der Waals surface area contributed by atoms with Crippen LogP contribution >= 0.6 is 0 Å². The highest BCUT2D eigenvalue weighted by Crippen LogP contribution is 2.32. The Morgan fingerprint density at radius 1 is 1.00 bits per heavy atom. The van der Waals surface area contributed by atoms with Crippen molar-refractivity contribution in [1.82, 2.24) is 0 Å². The number of rotatable bonds is 5. The second-order valence-corrected chi connectivity index (χ2v) is 7.89. The Morgan fingerprint density at radius 2 is 1.76 bits per heavy atom. The van der Waals surface area contributed by atoms with Crippen LogP contribution in [0.25, 0.3) is 0 Å². The molecule has 0 radical (unpaired) electrons. The van der Waals surface area contributed by atoms with E-state index >= 15 is 0 Å². The molecule has 3 aromatic carbocycles. The van der Waals surface area contributed by atoms with Crippen LogP contribution in [0.5, 0.6) is 11.5 Å². The van der Waals surface area contributed by atoms with Gasteiger partial charge in [-0.15, -0.1) is 4.40 Å². The number of nitrogens with one attached hydrogen (secondary N) is 1. The van der Waals surface area contributed by atoms with Crippen molar-refractivity contribution in [1.29, 1.82) is 0 Å². The van der Waals surface area contributed by atoms with Crippen LogP contribution in [-0.4, -0.2) is 21.4 Å². The van der Waals surface area contributed by atoms with Gasteiger partial charge in [0.05, 0.1) is 12.8 Å². The quantitative estimate of drug-likeness (QED) is 0.686. The average Bonchev–Trinajstić information content (AvgIpc) is 2.73. The summed E-state index contributed by atoms with van der Waals surface area (Å²) in [6.07, 6.45) is 0. The van der Waals surface area contributed by atoms with Crippen molar-refractivity contribution < 1.29 is 22.3 Å². The van der Waals surface area contributed by atoms with Gasteiger partial charge in [-0.1, -0.05) is 24.3 Å². The first-order valence-electron chi connectivity index (χ1n) is 8.73. The fourth-order valence-electron chi connectivity index (χ4n) is 2.92. The smallest absolute Gasteiger partial charge is 0.286 e. The molecule has 6 nitrogen and oxygen atoms in total. The number of ether oxygens (including phenoxy) is 2. The largest absolute Gasteiger partial charge is 0.493 e. The van der Waals surface area contributed by atoms with Gasteiger partial charge >= 0.3 is 0 Å². The molecule has 1 heterocycles. The van der Waals surface area contributed by atoms with E-state index in [0.717, 1.165) is 5.56 Å². The molecule has 1 N–H and O–H groups in total. The molecule has 8 heteroatoms. The number of fused-ring (bicyclic) bond motifs is 1. The number of hydrogen-bond donors (Lipinski definition) is 1. The zero-order chi connectivity index (χ0) is 20.4. The van der Waals surface area contributed by atoms with Gasteiger partial charge in [-0.05, 0) is 48.0 Å². The molecule has 0 spiro atoms. The molecule has 4 rings (SSSR count). The Kier molecular flexibility index (Phi) is 4.94. The monoisotopic (exact) mass is 412 g/mol. The van der Waals surface area contributed by atoms with E-state index in [1.54, 1.807) is 48.5 Å². The third-order valence-electron chi connectivity index (χ3n) is 4.37. The van der Waals surface area contributed by atoms with Crippen molar-refractivity contribution in [2.75, 3.05) is 12.4 Å². The van der Waals surface area contributed by atoms with Crippen LogP contribution in [0, 0.1) is 5.82 Å². The van der Waals surface area contributed by atoms with Crippen LogP contribution in [-0.2, 0) is 16.6 Å². The summed E-state index contributed by atoms with van der Waals surface area (Å²) in [4.78, 5) is 0.134. The fraction of sp³-hybridized carbons (Fsp3) is 0.0952. The van der Waals surface area contributed by atoms with E-state index in [9.17, 15) is 12.8 Å². The molecule has 0 aliphatic carbocycles. The molecular weight excluding hydrogens is 395 g/mol. The zero-order valence-electron chi connectivity index (χ0n) is 15.4. The summed E-state index contributed by atoms with van der Waals surface area (Å²) in [5, 5.41) is 3.04. The van der Waals surface area contributed by atoms with Gasteiger partial charge in [0.1, 0.15) is 17.3 Å². The highest BCUT2D eigenvalue weighted by molar-refractivity contribution is 7.90. The summed E-state index contributed by atoms with van der Waals surface area (Å²) >= 11 is 0. The molecule has 0 atom stereocenters. The van der Waals surface area contributed by atoms with E-state index in [2.05, 4.69) is 9.71 Å². The molecule has 1 aliphatic rings. The Balaban J connectivity index is 1.60. The predicted molar refractivity (Wildman–Crippen MR) is 108 cm³/mol. The van der Waals surface area contributed by atoms with Gasteiger partial charge in [0, 0.05) is 5.56 Å². The van der Waals surface area contributed by atoms with Crippen molar-refractivity contribution in [2.24, 2.45) is 4.40 Å². The Labute approximate surface area is 167 Å². The van der Waals surface area contributed by atoms with Crippen molar-refractivity contribution in [3.8, 4) is 11.5 Å². The summed E-state index contributed by atoms with van der Waals surface area (Å²) in [5.74, 6) is 0.783. The van der Waals surface area contributed by atoms with E-state index in [0.29, 0.717) is 22.7 Å². The zero-order valence-corrected chi connectivity index (χ0v) is 16.2. The maximum Gasteiger partial charge on any atom is 0.286 e. The number of nitrogens with zero attached hydrogens (tertiary/aromatic N) is 1. The van der Waals surface area contributed by atoms with E-state index < -0.39 is 10.0 Å². The van der Waals surface area contributed by atoms with E-state index in [1.807, 2.05) is 0 Å². The maximum absolute atomic E-state index is 13.0. The first-order chi connectivity index (χ1) is 14.0. The molecule has 0 saturated carbocycles. The highest BCUT2D eigenvalue weighted by atomic mass is 32.2. The number of halogens is 1. The van der Waals surface area contributed by atoms with Gasteiger partial charge in [0.15, 0.2) is 17.3 Å². The van der Waals surface area contributed by atoms with Crippen LogP contribution in [0.4, 0.5) is 10.1 Å². The number of sulfonamides is 1. The van der Waals surface area contributed by atoms with Crippen LogP contribution in [0.1, 0.15) is 11.1 Å². The topological polar surface area (TPSA) is 77.0 Å². The summed E-state index contributed by atoms with van der Waals surface area (Å²) in [6, 6.07) is 17.6. The highest BCUT2D eigenvalue weighted by Gasteiger charge is 2.25. The molecule has 1 aliphatic heterocycles. The first kappa shape index (κ1) is 18.9. The SMILES string of the molecule is COc1cc(C2=NS(=O)(=O)c3ccccc3N2)ccc1OCc1ccc(F)cc1. The summed E-state index contributed by atoms with van der Waals surface area (Å²) in [5.41, 5.74) is 1.81. The van der Waals surface area contributed by atoms with Crippen molar-refractivity contribution >= 4 is 21.5 Å². The lowest BCUT2D eigenvalue weighted by Gasteiger charge is -2.19. The predicted octanol–water partition coefficient (Wildman–Crippen LogP) is 3.97. The van der Waals surface area contributed by atoms with Gasteiger partial charge < -0.3 is 14.8 Å². The first-order valence-corrected chi connectivity index (χ1v) is 10.2.